The summed E-state index contributed by atoms with van der Waals surface area (Å²) in [6.07, 6.45) is 11.7. The van der Waals surface area contributed by atoms with Gasteiger partial charge in [-0.3, -0.25) is 0 Å². The lowest BCUT2D eigenvalue weighted by Gasteiger charge is -2.23. The Balaban J connectivity index is 1.47. The summed E-state index contributed by atoms with van der Waals surface area (Å²) in [4.78, 5) is 0. The highest BCUT2D eigenvalue weighted by molar-refractivity contribution is 5.75. The van der Waals surface area contributed by atoms with Gasteiger partial charge in [-0.15, -0.1) is 0 Å². The highest BCUT2D eigenvalue weighted by Gasteiger charge is 2.41. The topological polar surface area (TPSA) is 9.23 Å². The molecule has 1 saturated carbocycles. The quantitative estimate of drug-likeness (QED) is 0.345. The second kappa shape index (κ2) is 10.7. The van der Waals surface area contributed by atoms with Crippen molar-refractivity contribution in [3.05, 3.63) is 71.3 Å². The van der Waals surface area contributed by atoms with Crippen molar-refractivity contribution in [2.24, 2.45) is 23.7 Å². The van der Waals surface area contributed by atoms with Crippen molar-refractivity contribution in [3.8, 4) is 5.75 Å². The van der Waals surface area contributed by atoms with E-state index in [1.165, 1.54) is 56.1 Å². The molecule has 0 saturated heterocycles. The van der Waals surface area contributed by atoms with Gasteiger partial charge in [0.1, 0.15) is 12.4 Å². The van der Waals surface area contributed by atoms with Crippen molar-refractivity contribution in [1.82, 2.24) is 0 Å². The third kappa shape index (κ3) is 5.85. The van der Waals surface area contributed by atoms with E-state index in [2.05, 4.69) is 82.3 Å². The van der Waals surface area contributed by atoms with Gasteiger partial charge in [0.05, 0.1) is 0 Å². The second-order valence-electron chi connectivity index (χ2n) is 10.9. The molecule has 2 aromatic carbocycles. The molecule has 2 aliphatic carbocycles. The van der Waals surface area contributed by atoms with Crippen LogP contribution in [0.5, 0.6) is 5.75 Å². The van der Waals surface area contributed by atoms with Crippen LogP contribution in [0.25, 0.3) is 5.57 Å². The molecule has 0 amide bonds. The number of fused-ring (bicyclic) bond motifs is 3. The Kier molecular flexibility index (Phi) is 7.76. The summed E-state index contributed by atoms with van der Waals surface area (Å²) in [6, 6.07) is 17.3. The second-order valence-corrected chi connectivity index (χ2v) is 10.9. The molecule has 0 heterocycles. The fourth-order valence-corrected chi connectivity index (χ4v) is 5.48. The van der Waals surface area contributed by atoms with Gasteiger partial charge in [-0.25, -0.2) is 0 Å². The Morgan fingerprint density at radius 1 is 0.906 bits per heavy atom. The lowest BCUT2D eigenvalue weighted by molar-refractivity contribution is 0.303. The standard InChI is InChI=1S/C31H42O/c1-22(2)16-17-25(23(3)4)12-8-13-26-18-19-27-20-29(27)28-14-9-15-30(31(26)28)32-21-24-10-6-5-7-11-24/h5-7,9-11,14-15,18,22-23,25,27,29H,8,12-13,16-17,19-21H2,1-4H3. The van der Waals surface area contributed by atoms with Gasteiger partial charge in [0.15, 0.2) is 0 Å². The van der Waals surface area contributed by atoms with Crippen molar-refractivity contribution >= 4 is 5.57 Å². The molecule has 32 heavy (non-hydrogen) atoms. The predicted octanol–water partition coefficient (Wildman–Crippen LogP) is 9.03. The Labute approximate surface area is 196 Å². The molecule has 1 fully saturated rings. The van der Waals surface area contributed by atoms with Gasteiger partial charge in [0, 0.05) is 5.56 Å². The number of hydrogen-bond donors (Lipinski definition) is 0. The van der Waals surface area contributed by atoms with E-state index in [0.29, 0.717) is 6.61 Å². The van der Waals surface area contributed by atoms with Crippen LogP contribution in [0, 0.1) is 23.7 Å². The van der Waals surface area contributed by atoms with E-state index < -0.39 is 0 Å². The van der Waals surface area contributed by atoms with Crippen LogP contribution in [0.1, 0.15) is 95.2 Å². The number of hydrogen-bond acceptors (Lipinski definition) is 1. The molecular weight excluding hydrogens is 388 g/mol. The number of benzene rings is 2. The smallest absolute Gasteiger partial charge is 0.127 e. The number of ether oxygens (including phenoxy) is 1. The van der Waals surface area contributed by atoms with Gasteiger partial charge in [-0.05, 0) is 90.9 Å². The lowest BCUT2D eigenvalue weighted by Crippen LogP contribution is -2.10. The summed E-state index contributed by atoms with van der Waals surface area (Å²) in [5.41, 5.74) is 5.75. The SMILES string of the molecule is CC(C)CCC(CCCC1=CCC2CC2c2cccc(OCc3ccccc3)c21)C(C)C. The van der Waals surface area contributed by atoms with Crippen molar-refractivity contribution < 1.29 is 4.74 Å². The summed E-state index contributed by atoms with van der Waals surface area (Å²) in [5, 5.41) is 0. The van der Waals surface area contributed by atoms with E-state index in [1.54, 1.807) is 11.1 Å². The maximum atomic E-state index is 6.43. The van der Waals surface area contributed by atoms with Gasteiger partial charge in [-0.1, -0.05) is 82.7 Å². The summed E-state index contributed by atoms with van der Waals surface area (Å²) in [6.45, 7) is 10.2. The van der Waals surface area contributed by atoms with Gasteiger partial charge < -0.3 is 4.74 Å². The van der Waals surface area contributed by atoms with Crippen LogP contribution in [0.3, 0.4) is 0 Å². The minimum absolute atomic E-state index is 0.642. The molecule has 3 unspecified atom stereocenters. The van der Waals surface area contributed by atoms with Crippen LogP contribution in [0.4, 0.5) is 0 Å². The van der Waals surface area contributed by atoms with Gasteiger partial charge in [-0.2, -0.15) is 0 Å². The van der Waals surface area contributed by atoms with Gasteiger partial charge in [0.2, 0.25) is 0 Å². The maximum Gasteiger partial charge on any atom is 0.127 e. The molecule has 2 aliphatic rings. The van der Waals surface area contributed by atoms with Crippen LogP contribution < -0.4 is 4.74 Å². The minimum Gasteiger partial charge on any atom is -0.488 e. The summed E-state index contributed by atoms with van der Waals surface area (Å²) < 4.78 is 6.43. The first-order valence-corrected chi connectivity index (χ1v) is 13.0. The monoisotopic (exact) mass is 430 g/mol. The molecule has 172 valence electrons. The van der Waals surface area contributed by atoms with Crippen LogP contribution in [-0.2, 0) is 6.61 Å². The fourth-order valence-electron chi connectivity index (χ4n) is 5.48. The molecule has 2 aromatic rings. The van der Waals surface area contributed by atoms with E-state index in [-0.39, 0.29) is 0 Å². The van der Waals surface area contributed by atoms with E-state index in [1.807, 2.05) is 0 Å². The Bertz CT molecular complexity index is 892. The van der Waals surface area contributed by atoms with Crippen LogP contribution >= 0.6 is 0 Å². The zero-order chi connectivity index (χ0) is 22.5. The molecule has 0 N–H and O–H groups in total. The zero-order valence-corrected chi connectivity index (χ0v) is 20.6. The molecule has 0 bridgehead atoms. The highest BCUT2D eigenvalue weighted by Crippen LogP contribution is 2.55. The average Bonchev–Trinajstić information content (AvgIpc) is 3.57. The van der Waals surface area contributed by atoms with E-state index in [9.17, 15) is 0 Å². The Hall–Kier alpha value is -2.02. The lowest BCUT2D eigenvalue weighted by atomic mass is 9.84. The average molecular weight is 431 g/mol. The molecule has 1 nitrogen and oxygen atoms in total. The van der Waals surface area contributed by atoms with Gasteiger partial charge in [0.25, 0.3) is 0 Å². The van der Waals surface area contributed by atoms with Crippen LogP contribution in [0.2, 0.25) is 0 Å². The van der Waals surface area contributed by atoms with Crippen LogP contribution in [0.15, 0.2) is 54.6 Å². The summed E-state index contributed by atoms with van der Waals surface area (Å²) >= 11 is 0. The molecule has 1 heteroatoms. The number of allylic oxidation sites excluding steroid dienone is 2. The third-order valence-electron chi connectivity index (χ3n) is 7.68. The van der Waals surface area contributed by atoms with Crippen LogP contribution in [-0.4, -0.2) is 0 Å². The minimum atomic E-state index is 0.642. The van der Waals surface area contributed by atoms with Crippen molar-refractivity contribution in [2.45, 2.75) is 85.2 Å². The van der Waals surface area contributed by atoms with E-state index in [4.69, 9.17) is 4.74 Å². The highest BCUT2D eigenvalue weighted by atomic mass is 16.5. The first-order chi connectivity index (χ1) is 15.5. The first kappa shape index (κ1) is 23.1. The molecule has 0 aromatic heterocycles. The molecule has 4 rings (SSSR count). The van der Waals surface area contributed by atoms with Crippen molar-refractivity contribution in [3.63, 3.8) is 0 Å². The largest absolute Gasteiger partial charge is 0.488 e. The zero-order valence-electron chi connectivity index (χ0n) is 20.6. The molecule has 0 spiro atoms. The summed E-state index contributed by atoms with van der Waals surface area (Å²) in [7, 11) is 0. The Morgan fingerprint density at radius 3 is 2.47 bits per heavy atom. The number of rotatable bonds is 11. The first-order valence-electron chi connectivity index (χ1n) is 13.0. The Morgan fingerprint density at radius 2 is 1.72 bits per heavy atom. The maximum absolute atomic E-state index is 6.43. The fraction of sp³-hybridized carbons (Fsp3) is 0.548. The van der Waals surface area contributed by atoms with Crippen molar-refractivity contribution in [2.75, 3.05) is 0 Å². The molecular formula is C31H42O. The molecule has 0 aliphatic heterocycles. The normalized spacial score (nSPS) is 20.4. The molecule has 3 atom stereocenters. The van der Waals surface area contributed by atoms with Crippen molar-refractivity contribution in [1.29, 1.82) is 0 Å². The van der Waals surface area contributed by atoms with Gasteiger partial charge >= 0.3 is 0 Å². The molecule has 0 radical (unpaired) electrons. The van der Waals surface area contributed by atoms with E-state index >= 15 is 0 Å². The summed E-state index contributed by atoms with van der Waals surface area (Å²) in [5.74, 6) is 5.12. The van der Waals surface area contributed by atoms with E-state index in [0.717, 1.165) is 35.3 Å². The predicted molar refractivity (Wildman–Crippen MR) is 137 cm³/mol. The third-order valence-corrected chi connectivity index (χ3v) is 7.68.